The standard InChI is InChI=1S/C19H36N2/c1-2-5-15-8-9-19(20)18(12-15)14-21-11-10-16-6-3-4-7-17(16)13-21/h15-19H,2-14,20H2,1H3. The average Bonchev–Trinajstić information content (AvgIpc) is 2.51. The average molecular weight is 293 g/mol. The number of nitrogens with zero attached hydrogens (tertiary/aromatic N) is 1. The van der Waals surface area contributed by atoms with Gasteiger partial charge in [0.25, 0.3) is 0 Å². The lowest BCUT2D eigenvalue weighted by Gasteiger charge is -2.44. The van der Waals surface area contributed by atoms with E-state index in [1.807, 2.05) is 0 Å². The molecular formula is C19H36N2. The molecule has 1 aliphatic heterocycles. The van der Waals surface area contributed by atoms with E-state index in [1.54, 1.807) is 0 Å². The third kappa shape index (κ3) is 4.01. The van der Waals surface area contributed by atoms with Crippen molar-refractivity contribution in [3.05, 3.63) is 0 Å². The number of nitrogens with two attached hydrogens (primary N) is 1. The Morgan fingerprint density at radius 2 is 1.81 bits per heavy atom. The van der Waals surface area contributed by atoms with Crippen molar-refractivity contribution in [3.63, 3.8) is 0 Å². The van der Waals surface area contributed by atoms with E-state index in [9.17, 15) is 0 Å². The second kappa shape index (κ2) is 7.46. The van der Waals surface area contributed by atoms with Gasteiger partial charge in [0, 0.05) is 19.1 Å². The van der Waals surface area contributed by atoms with E-state index in [0.717, 1.165) is 23.7 Å². The predicted molar refractivity (Wildman–Crippen MR) is 90.2 cm³/mol. The fraction of sp³-hybridized carbons (Fsp3) is 1.00. The van der Waals surface area contributed by atoms with Crippen molar-refractivity contribution in [2.45, 2.75) is 77.2 Å². The van der Waals surface area contributed by atoms with Gasteiger partial charge in [-0.05, 0) is 62.3 Å². The van der Waals surface area contributed by atoms with Gasteiger partial charge in [-0.15, -0.1) is 0 Å². The van der Waals surface area contributed by atoms with Crippen molar-refractivity contribution in [3.8, 4) is 0 Å². The van der Waals surface area contributed by atoms with Crippen LogP contribution in [0.5, 0.6) is 0 Å². The molecule has 0 spiro atoms. The van der Waals surface area contributed by atoms with Gasteiger partial charge in [0.15, 0.2) is 0 Å². The van der Waals surface area contributed by atoms with Gasteiger partial charge in [0.2, 0.25) is 0 Å². The van der Waals surface area contributed by atoms with Crippen LogP contribution in [0.4, 0.5) is 0 Å². The van der Waals surface area contributed by atoms with E-state index in [2.05, 4.69) is 11.8 Å². The lowest BCUT2D eigenvalue weighted by Crippen LogP contribution is -2.48. The van der Waals surface area contributed by atoms with E-state index in [0.29, 0.717) is 6.04 Å². The molecule has 2 nitrogen and oxygen atoms in total. The molecule has 3 aliphatic rings. The van der Waals surface area contributed by atoms with Gasteiger partial charge in [-0.2, -0.15) is 0 Å². The monoisotopic (exact) mass is 292 g/mol. The van der Waals surface area contributed by atoms with Crippen LogP contribution in [0.2, 0.25) is 0 Å². The maximum absolute atomic E-state index is 6.46. The van der Waals surface area contributed by atoms with Crippen molar-refractivity contribution in [2.75, 3.05) is 19.6 Å². The first-order valence-electron chi connectivity index (χ1n) is 9.74. The first kappa shape index (κ1) is 15.8. The summed E-state index contributed by atoms with van der Waals surface area (Å²) in [5, 5.41) is 0. The van der Waals surface area contributed by atoms with Crippen LogP contribution in [0.3, 0.4) is 0 Å². The Morgan fingerprint density at radius 1 is 1.00 bits per heavy atom. The SMILES string of the molecule is CCCC1CCC(N)C(CN2CCC3CCCCC3C2)C1. The molecule has 5 unspecified atom stereocenters. The summed E-state index contributed by atoms with van der Waals surface area (Å²) < 4.78 is 0. The number of rotatable bonds is 4. The highest BCUT2D eigenvalue weighted by molar-refractivity contribution is 4.88. The molecule has 0 amide bonds. The van der Waals surface area contributed by atoms with Crippen LogP contribution in [0, 0.1) is 23.7 Å². The summed E-state index contributed by atoms with van der Waals surface area (Å²) in [6, 6.07) is 0.474. The van der Waals surface area contributed by atoms with Crippen molar-refractivity contribution < 1.29 is 0 Å². The van der Waals surface area contributed by atoms with E-state index < -0.39 is 0 Å². The second-order valence-corrected chi connectivity index (χ2v) is 8.24. The molecule has 2 saturated carbocycles. The summed E-state index contributed by atoms with van der Waals surface area (Å²) in [7, 11) is 0. The Kier molecular flexibility index (Phi) is 5.61. The smallest absolute Gasteiger partial charge is 0.00795 e. The summed E-state index contributed by atoms with van der Waals surface area (Å²) in [4.78, 5) is 2.78. The minimum atomic E-state index is 0.474. The highest BCUT2D eigenvalue weighted by atomic mass is 15.1. The Bertz CT molecular complexity index is 317. The fourth-order valence-corrected chi connectivity index (χ4v) is 5.44. The second-order valence-electron chi connectivity index (χ2n) is 8.24. The molecule has 3 rings (SSSR count). The first-order valence-corrected chi connectivity index (χ1v) is 9.74. The minimum absolute atomic E-state index is 0.474. The fourth-order valence-electron chi connectivity index (χ4n) is 5.44. The normalized spacial score (nSPS) is 41.7. The Balaban J connectivity index is 1.50. The van der Waals surface area contributed by atoms with Gasteiger partial charge >= 0.3 is 0 Å². The van der Waals surface area contributed by atoms with Crippen LogP contribution in [0.1, 0.15) is 71.1 Å². The highest BCUT2D eigenvalue weighted by Crippen LogP contribution is 2.37. The van der Waals surface area contributed by atoms with Crippen LogP contribution in [-0.2, 0) is 0 Å². The van der Waals surface area contributed by atoms with Gasteiger partial charge < -0.3 is 10.6 Å². The van der Waals surface area contributed by atoms with Gasteiger partial charge in [-0.1, -0.05) is 39.0 Å². The molecule has 0 aromatic heterocycles. The Morgan fingerprint density at radius 3 is 2.62 bits per heavy atom. The summed E-state index contributed by atoms with van der Waals surface area (Å²) >= 11 is 0. The zero-order valence-electron chi connectivity index (χ0n) is 14.1. The zero-order chi connectivity index (χ0) is 14.7. The highest BCUT2D eigenvalue weighted by Gasteiger charge is 2.34. The Hall–Kier alpha value is -0.0800. The van der Waals surface area contributed by atoms with Gasteiger partial charge in [0.1, 0.15) is 0 Å². The number of hydrogen-bond donors (Lipinski definition) is 1. The molecule has 1 heterocycles. The van der Waals surface area contributed by atoms with Gasteiger partial charge in [0.05, 0.1) is 0 Å². The maximum Gasteiger partial charge on any atom is 0.00795 e. The van der Waals surface area contributed by atoms with Crippen LogP contribution >= 0.6 is 0 Å². The summed E-state index contributed by atoms with van der Waals surface area (Å²) in [5.41, 5.74) is 6.46. The lowest BCUT2D eigenvalue weighted by atomic mass is 9.73. The lowest BCUT2D eigenvalue weighted by molar-refractivity contribution is 0.0611. The molecule has 3 fully saturated rings. The largest absolute Gasteiger partial charge is 0.327 e. The molecule has 0 aromatic carbocycles. The van der Waals surface area contributed by atoms with E-state index in [-0.39, 0.29) is 0 Å². The molecule has 2 N–H and O–H groups in total. The molecule has 122 valence electrons. The maximum atomic E-state index is 6.46. The molecule has 21 heavy (non-hydrogen) atoms. The van der Waals surface area contributed by atoms with E-state index in [1.165, 1.54) is 83.8 Å². The number of likely N-dealkylation sites (tertiary alicyclic amines) is 1. The molecule has 1 saturated heterocycles. The molecule has 5 atom stereocenters. The number of fused-ring (bicyclic) bond motifs is 1. The van der Waals surface area contributed by atoms with Crippen molar-refractivity contribution in [1.29, 1.82) is 0 Å². The topological polar surface area (TPSA) is 29.3 Å². The van der Waals surface area contributed by atoms with Crippen LogP contribution in [-0.4, -0.2) is 30.6 Å². The third-order valence-electron chi connectivity index (χ3n) is 6.71. The molecule has 0 radical (unpaired) electrons. The predicted octanol–water partition coefficient (Wildman–Crippen LogP) is 4.04. The van der Waals surface area contributed by atoms with Gasteiger partial charge in [-0.3, -0.25) is 0 Å². The molecular weight excluding hydrogens is 256 g/mol. The summed E-state index contributed by atoms with van der Waals surface area (Å²) in [6.45, 7) is 6.36. The molecule has 2 heteroatoms. The molecule has 0 bridgehead atoms. The Labute approximate surface area is 131 Å². The van der Waals surface area contributed by atoms with Crippen molar-refractivity contribution in [1.82, 2.24) is 4.90 Å². The third-order valence-corrected chi connectivity index (χ3v) is 6.71. The quantitative estimate of drug-likeness (QED) is 0.847. The van der Waals surface area contributed by atoms with Crippen LogP contribution in [0.15, 0.2) is 0 Å². The summed E-state index contributed by atoms with van der Waals surface area (Å²) in [5.74, 6) is 3.81. The zero-order valence-corrected chi connectivity index (χ0v) is 14.1. The van der Waals surface area contributed by atoms with E-state index in [4.69, 9.17) is 5.73 Å². The molecule has 0 aromatic rings. The van der Waals surface area contributed by atoms with Crippen molar-refractivity contribution >= 4 is 0 Å². The summed E-state index contributed by atoms with van der Waals surface area (Å²) in [6.07, 6.45) is 14.3. The first-order chi connectivity index (χ1) is 10.3. The van der Waals surface area contributed by atoms with Gasteiger partial charge in [-0.25, -0.2) is 0 Å². The van der Waals surface area contributed by atoms with E-state index >= 15 is 0 Å². The molecule has 2 aliphatic carbocycles. The minimum Gasteiger partial charge on any atom is -0.327 e. The number of piperidine rings is 1. The van der Waals surface area contributed by atoms with Crippen LogP contribution in [0.25, 0.3) is 0 Å². The number of hydrogen-bond acceptors (Lipinski definition) is 2. The van der Waals surface area contributed by atoms with Crippen molar-refractivity contribution in [2.24, 2.45) is 29.4 Å². The van der Waals surface area contributed by atoms with Crippen LogP contribution < -0.4 is 5.73 Å².